The molecule has 2 unspecified atom stereocenters. The largest absolute Gasteiger partial charge is 0.497 e. The monoisotopic (exact) mass is 319 g/mol. The molecule has 3 N–H and O–H groups in total. The summed E-state index contributed by atoms with van der Waals surface area (Å²) in [5.41, 5.74) is 7.22. The molecule has 2 aromatic rings. The maximum Gasteiger partial charge on any atom is 0.232 e. The Kier molecular flexibility index (Phi) is 4.32. The van der Waals surface area contributed by atoms with Crippen molar-refractivity contribution in [2.75, 3.05) is 19.0 Å². The minimum absolute atomic E-state index is 0.0746. The molecule has 22 heavy (non-hydrogen) atoms. The summed E-state index contributed by atoms with van der Waals surface area (Å²) in [5.74, 6) is 0.493. The second-order valence-corrected chi connectivity index (χ2v) is 6.18. The summed E-state index contributed by atoms with van der Waals surface area (Å²) in [6.07, 6.45) is 0. The number of benzene rings is 1. The number of hydrogen-bond acceptors (Lipinski definition) is 7. The highest BCUT2D eigenvalue weighted by Crippen LogP contribution is 2.28. The highest BCUT2D eigenvalue weighted by atomic mass is 32.1. The molecule has 1 saturated heterocycles. The van der Waals surface area contributed by atoms with E-state index in [9.17, 15) is 4.79 Å². The lowest BCUT2D eigenvalue weighted by atomic mass is 9.94. The van der Waals surface area contributed by atoms with Crippen molar-refractivity contribution in [3.05, 3.63) is 34.8 Å². The van der Waals surface area contributed by atoms with Crippen LogP contribution < -0.4 is 20.9 Å². The summed E-state index contributed by atoms with van der Waals surface area (Å²) in [6.45, 7) is 2.41. The molecule has 3 rings (SSSR count). The zero-order valence-corrected chi connectivity index (χ0v) is 13.1. The third-order valence-electron chi connectivity index (χ3n) is 3.55. The standard InChI is InChI=1S/C14H17N5O2S/c1-8-17-19-14(22-8)16-13(20)11-7-15-18-12(11)9-3-5-10(21-2)6-4-9/h3-6,11-12,15,18H,7H2,1-2H3,(H,16,19,20). The van der Waals surface area contributed by atoms with E-state index in [4.69, 9.17) is 4.74 Å². The van der Waals surface area contributed by atoms with E-state index in [2.05, 4.69) is 26.4 Å². The van der Waals surface area contributed by atoms with Crippen LogP contribution >= 0.6 is 11.3 Å². The lowest BCUT2D eigenvalue weighted by molar-refractivity contribution is -0.119. The van der Waals surface area contributed by atoms with Gasteiger partial charge in [0.25, 0.3) is 0 Å². The van der Waals surface area contributed by atoms with Crippen molar-refractivity contribution in [2.45, 2.75) is 13.0 Å². The van der Waals surface area contributed by atoms with Gasteiger partial charge < -0.3 is 10.1 Å². The van der Waals surface area contributed by atoms with Crippen LogP contribution in [-0.2, 0) is 4.79 Å². The number of aryl methyl sites for hydroxylation is 1. The lowest BCUT2D eigenvalue weighted by Crippen LogP contribution is -2.29. The summed E-state index contributed by atoms with van der Waals surface area (Å²) < 4.78 is 5.16. The van der Waals surface area contributed by atoms with Crippen molar-refractivity contribution >= 4 is 22.4 Å². The number of methoxy groups -OCH3 is 1. The van der Waals surface area contributed by atoms with Gasteiger partial charge in [-0.05, 0) is 24.6 Å². The first-order valence-corrected chi connectivity index (χ1v) is 7.72. The Morgan fingerprint density at radius 3 is 2.77 bits per heavy atom. The Morgan fingerprint density at radius 1 is 1.36 bits per heavy atom. The van der Waals surface area contributed by atoms with Gasteiger partial charge in [-0.25, -0.2) is 5.43 Å². The van der Waals surface area contributed by atoms with Crippen LogP contribution in [0.1, 0.15) is 16.6 Å². The molecule has 0 bridgehead atoms. The number of hydrazine groups is 1. The maximum atomic E-state index is 12.5. The fourth-order valence-corrected chi connectivity index (χ4v) is 3.01. The third-order valence-corrected chi connectivity index (χ3v) is 4.30. The molecule has 1 aromatic heterocycles. The first kappa shape index (κ1) is 14.9. The van der Waals surface area contributed by atoms with Gasteiger partial charge in [-0.2, -0.15) is 0 Å². The predicted octanol–water partition coefficient (Wildman–Crippen LogP) is 1.26. The van der Waals surface area contributed by atoms with Gasteiger partial charge in [0.1, 0.15) is 10.8 Å². The van der Waals surface area contributed by atoms with E-state index in [1.165, 1.54) is 11.3 Å². The molecule has 2 heterocycles. The van der Waals surface area contributed by atoms with Crippen molar-refractivity contribution in [1.29, 1.82) is 0 Å². The number of nitrogens with zero attached hydrogens (tertiary/aromatic N) is 2. The second kappa shape index (κ2) is 6.39. The summed E-state index contributed by atoms with van der Waals surface area (Å²) in [7, 11) is 1.63. The Morgan fingerprint density at radius 2 is 2.14 bits per heavy atom. The van der Waals surface area contributed by atoms with Gasteiger partial charge in [0.2, 0.25) is 11.0 Å². The summed E-state index contributed by atoms with van der Waals surface area (Å²) in [4.78, 5) is 12.5. The summed E-state index contributed by atoms with van der Waals surface area (Å²) in [6, 6.07) is 7.59. The van der Waals surface area contributed by atoms with E-state index in [0.717, 1.165) is 16.3 Å². The summed E-state index contributed by atoms with van der Waals surface area (Å²) >= 11 is 1.37. The quantitative estimate of drug-likeness (QED) is 0.786. The van der Waals surface area contributed by atoms with Gasteiger partial charge in [-0.15, -0.1) is 10.2 Å². The second-order valence-electron chi connectivity index (χ2n) is 5.00. The van der Waals surface area contributed by atoms with Crippen molar-refractivity contribution in [2.24, 2.45) is 5.92 Å². The molecule has 1 amide bonds. The number of amides is 1. The minimum atomic E-state index is -0.224. The molecule has 7 nitrogen and oxygen atoms in total. The molecular weight excluding hydrogens is 302 g/mol. The number of aromatic nitrogens is 2. The molecule has 1 aliphatic rings. The number of nitrogens with one attached hydrogen (secondary N) is 3. The van der Waals surface area contributed by atoms with Gasteiger partial charge in [0, 0.05) is 6.54 Å². The van der Waals surface area contributed by atoms with E-state index >= 15 is 0 Å². The number of carbonyl (C=O) groups excluding carboxylic acids is 1. The molecule has 2 atom stereocenters. The Balaban J connectivity index is 1.72. The van der Waals surface area contributed by atoms with Gasteiger partial charge in [0.05, 0.1) is 19.1 Å². The first-order valence-electron chi connectivity index (χ1n) is 6.90. The van der Waals surface area contributed by atoms with E-state index in [0.29, 0.717) is 11.7 Å². The first-order chi connectivity index (χ1) is 10.7. The smallest absolute Gasteiger partial charge is 0.232 e. The number of hydrogen-bond donors (Lipinski definition) is 3. The van der Waals surface area contributed by atoms with Crippen LogP contribution in [-0.4, -0.2) is 29.8 Å². The fraction of sp³-hybridized carbons (Fsp3) is 0.357. The predicted molar refractivity (Wildman–Crippen MR) is 83.6 cm³/mol. The zero-order valence-electron chi connectivity index (χ0n) is 12.3. The van der Waals surface area contributed by atoms with Gasteiger partial charge in [0.15, 0.2) is 0 Å². The van der Waals surface area contributed by atoms with Crippen molar-refractivity contribution in [3.8, 4) is 5.75 Å². The SMILES string of the molecule is COc1ccc(C2NNCC2C(=O)Nc2nnc(C)s2)cc1. The van der Waals surface area contributed by atoms with Crippen molar-refractivity contribution < 1.29 is 9.53 Å². The molecule has 0 radical (unpaired) electrons. The van der Waals surface area contributed by atoms with Crippen molar-refractivity contribution in [1.82, 2.24) is 21.0 Å². The van der Waals surface area contributed by atoms with Crippen molar-refractivity contribution in [3.63, 3.8) is 0 Å². The van der Waals surface area contributed by atoms with E-state index in [-0.39, 0.29) is 17.9 Å². The van der Waals surface area contributed by atoms with Gasteiger partial charge >= 0.3 is 0 Å². The number of anilines is 1. The van der Waals surface area contributed by atoms with E-state index < -0.39 is 0 Å². The number of ether oxygens (including phenoxy) is 1. The topological polar surface area (TPSA) is 88.2 Å². The molecule has 116 valence electrons. The van der Waals surface area contributed by atoms with Crippen LogP contribution in [0.15, 0.2) is 24.3 Å². The Labute approximate surface area is 132 Å². The zero-order chi connectivity index (χ0) is 15.5. The Bertz CT molecular complexity index is 658. The van der Waals surface area contributed by atoms with Crippen LogP contribution in [0.4, 0.5) is 5.13 Å². The Hall–Kier alpha value is -2.03. The minimum Gasteiger partial charge on any atom is -0.497 e. The molecule has 1 aliphatic heterocycles. The molecular formula is C14H17N5O2S. The van der Waals surface area contributed by atoms with Crippen LogP contribution in [0.2, 0.25) is 0 Å². The van der Waals surface area contributed by atoms with Crippen LogP contribution in [0, 0.1) is 12.8 Å². The normalized spacial score (nSPS) is 20.8. The van der Waals surface area contributed by atoms with Gasteiger partial charge in [-0.3, -0.25) is 10.2 Å². The highest BCUT2D eigenvalue weighted by Gasteiger charge is 2.34. The molecule has 0 saturated carbocycles. The average Bonchev–Trinajstić information content (AvgIpc) is 3.16. The highest BCUT2D eigenvalue weighted by molar-refractivity contribution is 7.15. The molecule has 8 heteroatoms. The third kappa shape index (κ3) is 3.08. The van der Waals surface area contributed by atoms with E-state index in [1.54, 1.807) is 7.11 Å². The molecule has 0 aliphatic carbocycles. The molecule has 1 aromatic carbocycles. The van der Waals surface area contributed by atoms with E-state index in [1.807, 2.05) is 31.2 Å². The van der Waals surface area contributed by atoms with Crippen LogP contribution in [0.3, 0.4) is 0 Å². The molecule has 1 fully saturated rings. The summed E-state index contributed by atoms with van der Waals surface area (Å²) in [5, 5.41) is 12.0. The van der Waals surface area contributed by atoms with Gasteiger partial charge in [-0.1, -0.05) is 23.5 Å². The average molecular weight is 319 g/mol. The maximum absolute atomic E-state index is 12.5. The fourth-order valence-electron chi connectivity index (χ4n) is 2.41. The number of carbonyl (C=O) groups is 1. The van der Waals surface area contributed by atoms with Crippen LogP contribution in [0.25, 0.3) is 0 Å². The molecule has 0 spiro atoms. The number of rotatable bonds is 4. The lowest BCUT2D eigenvalue weighted by Gasteiger charge is -2.18. The van der Waals surface area contributed by atoms with Crippen LogP contribution in [0.5, 0.6) is 5.75 Å².